The zero-order chi connectivity index (χ0) is 30.1. The summed E-state index contributed by atoms with van der Waals surface area (Å²) in [5.41, 5.74) is 2.01. The van der Waals surface area contributed by atoms with Crippen molar-refractivity contribution in [1.29, 1.82) is 0 Å². The van der Waals surface area contributed by atoms with Crippen LogP contribution in [0.1, 0.15) is 49.7 Å². The first kappa shape index (κ1) is 31.5. The number of benzene rings is 3. The molecule has 0 aromatic heterocycles. The van der Waals surface area contributed by atoms with Gasteiger partial charge in [0.1, 0.15) is 11.9 Å². The number of nitrogens with one attached hydrogen (secondary N) is 1. The minimum Gasteiger partial charge on any atom is -0.352 e. The maximum Gasteiger partial charge on any atom is 0.243 e. The molecular weight excluding hydrogens is 577 g/mol. The molecule has 10 heteroatoms. The van der Waals surface area contributed by atoms with Crippen molar-refractivity contribution < 1.29 is 22.4 Å². The van der Waals surface area contributed by atoms with E-state index in [9.17, 15) is 22.4 Å². The molecule has 4 rings (SSSR count). The molecule has 1 unspecified atom stereocenters. The monoisotopic (exact) mass is 613 g/mol. The second-order valence-corrected chi connectivity index (χ2v) is 13.1. The summed E-state index contributed by atoms with van der Waals surface area (Å²) in [6.45, 7) is 0.172. The maximum atomic E-state index is 13.9. The average molecular weight is 614 g/mol. The van der Waals surface area contributed by atoms with Crippen molar-refractivity contribution in [2.24, 2.45) is 0 Å². The minimum absolute atomic E-state index is 0.00970. The molecule has 1 N–H and O–H groups in total. The van der Waals surface area contributed by atoms with Crippen molar-refractivity contribution in [3.63, 3.8) is 0 Å². The topological polar surface area (TPSA) is 86.8 Å². The van der Waals surface area contributed by atoms with Crippen LogP contribution >= 0.6 is 11.6 Å². The van der Waals surface area contributed by atoms with Crippen molar-refractivity contribution in [3.05, 3.63) is 101 Å². The second-order valence-electron chi connectivity index (χ2n) is 10.8. The lowest BCUT2D eigenvalue weighted by molar-refractivity contribution is -0.141. The zero-order valence-corrected chi connectivity index (χ0v) is 25.3. The third-order valence-electron chi connectivity index (χ3n) is 7.49. The van der Waals surface area contributed by atoms with E-state index in [4.69, 9.17) is 11.6 Å². The Balaban J connectivity index is 1.58. The molecule has 0 spiro atoms. The zero-order valence-electron chi connectivity index (χ0n) is 23.7. The van der Waals surface area contributed by atoms with Gasteiger partial charge >= 0.3 is 0 Å². The predicted molar refractivity (Wildman–Crippen MR) is 164 cm³/mol. The highest BCUT2D eigenvalue weighted by Gasteiger charge is 2.32. The summed E-state index contributed by atoms with van der Waals surface area (Å²) in [6, 6.07) is 21.2. The van der Waals surface area contributed by atoms with Gasteiger partial charge in [-0.05, 0) is 60.7 Å². The molecule has 224 valence electrons. The number of anilines is 1. The van der Waals surface area contributed by atoms with E-state index < -0.39 is 21.9 Å². The summed E-state index contributed by atoms with van der Waals surface area (Å²) in [7, 11) is -3.64. The van der Waals surface area contributed by atoms with Crippen molar-refractivity contribution in [1.82, 2.24) is 10.2 Å². The Hall–Kier alpha value is -3.43. The summed E-state index contributed by atoms with van der Waals surface area (Å²) >= 11 is 6.10. The molecule has 0 aliphatic heterocycles. The average Bonchev–Trinajstić information content (AvgIpc) is 3.47. The van der Waals surface area contributed by atoms with Crippen molar-refractivity contribution in [2.45, 2.75) is 63.6 Å². The highest BCUT2D eigenvalue weighted by Crippen LogP contribution is 2.24. The Bertz CT molecular complexity index is 1450. The van der Waals surface area contributed by atoms with Crippen LogP contribution in [-0.4, -0.2) is 50.0 Å². The lowest BCUT2D eigenvalue weighted by atomic mass is 10.0. The lowest BCUT2D eigenvalue weighted by Crippen LogP contribution is -2.52. The van der Waals surface area contributed by atoms with Gasteiger partial charge in [-0.2, -0.15) is 0 Å². The molecule has 1 aliphatic carbocycles. The Kier molecular flexibility index (Phi) is 11.0. The number of hydrogen-bond donors (Lipinski definition) is 1. The van der Waals surface area contributed by atoms with Crippen molar-refractivity contribution >= 4 is 39.1 Å². The SMILES string of the molecule is CS(=O)(=O)N(CCCC(=O)N(Cc1ccc(F)cc1)C(Cc1ccccc1)C(=O)NC1CCCC1)c1cccc(Cl)c1. The Labute approximate surface area is 252 Å². The van der Waals surface area contributed by atoms with Crippen LogP contribution in [0.5, 0.6) is 0 Å². The Morgan fingerprint density at radius 3 is 2.31 bits per heavy atom. The molecule has 42 heavy (non-hydrogen) atoms. The van der Waals surface area contributed by atoms with E-state index >= 15 is 0 Å². The fourth-order valence-corrected chi connectivity index (χ4v) is 6.48. The molecule has 3 aromatic rings. The van der Waals surface area contributed by atoms with Gasteiger partial charge in [-0.15, -0.1) is 0 Å². The molecule has 1 fully saturated rings. The standard InChI is InChI=1S/C32H37ClFN3O4S/c1-42(40,41)37(29-14-7-11-26(33)22-29)20-8-15-31(38)36(23-25-16-18-27(34)19-17-25)30(21-24-9-3-2-4-10-24)32(39)35-28-12-5-6-13-28/h2-4,7,9-11,14,16-19,22,28,30H,5-6,8,12-13,15,20-21,23H2,1H3,(H,35,39). The van der Waals surface area contributed by atoms with Gasteiger partial charge in [0.15, 0.2) is 0 Å². The molecular formula is C32H37ClFN3O4S. The molecule has 0 heterocycles. The molecule has 0 saturated heterocycles. The van der Waals surface area contributed by atoms with Gasteiger partial charge in [-0.3, -0.25) is 13.9 Å². The lowest BCUT2D eigenvalue weighted by Gasteiger charge is -2.33. The summed E-state index contributed by atoms with van der Waals surface area (Å²) in [6.07, 6.45) is 5.56. The van der Waals surface area contributed by atoms with E-state index in [0.29, 0.717) is 22.7 Å². The highest BCUT2D eigenvalue weighted by atomic mass is 35.5. The van der Waals surface area contributed by atoms with Gasteiger partial charge < -0.3 is 10.2 Å². The van der Waals surface area contributed by atoms with Crippen LogP contribution in [0.25, 0.3) is 0 Å². The minimum atomic E-state index is -3.64. The number of nitrogens with zero attached hydrogens (tertiary/aromatic N) is 2. The third-order valence-corrected chi connectivity index (χ3v) is 8.92. The molecule has 1 aliphatic rings. The first-order chi connectivity index (χ1) is 20.1. The summed E-state index contributed by atoms with van der Waals surface area (Å²) in [5, 5.41) is 3.56. The van der Waals surface area contributed by atoms with Gasteiger partial charge in [-0.25, -0.2) is 12.8 Å². The Morgan fingerprint density at radius 1 is 0.976 bits per heavy atom. The summed E-state index contributed by atoms with van der Waals surface area (Å²) in [5.74, 6) is -0.905. The fraction of sp³-hybridized carbons (Fsp3) is 0.375. The summed E-state index contributed by atoms with van der Waals surface area (Å²) in [4.78, 5) is 29.2. The fourth-order valence-electron chi connectivity index (χ4n) is 5.34. The normalized spacial score (nSPS) is 14.4. The van der Waals surface area contributed by atoms with E-state index in [1.807, 2.05) is 30.3 Å². The molecule has 1 saturated carbocycles. The van der Waals surface area contributed by atoms with Crippen molar-refractivity contribution in [3.8, 4) is 0 Å². The third kappa shape index (κ3) is 9.03. The van der Waals surface area contributed by atoms with Crippen LogP contribution in [0.2, 0.25) is 5.02 Å². The van der Waals surface area contributed by atoms with Gasteiger partial charge in [-0.1, -0.05) is 73.0 Å². The van der Waals surface area contributed by atoms with Crippen LogP contribution in [0.3, 0.4) is 0 Å². The van der Waals surface area contributed by atoms with Crippen LogP contribution < -0.4 is 9.62 Å². The van der Waals surface area contributed by atoms with Gasteiger partial charge in [0, 0.05) is 37.0 Å². The quantitative estimate of drug-likeness (QED) is 0.267. The number of rotatable bonds is 13. The Morgan fingerprint density at radius 2 is 1.67 bits per heavy atom. The van der Waals surface area contributed by atoms with Gasteiger partial charge in [0.25, 0.3) is 0 Å². The van der Waals surface area contributed by atoms with E-state index in [-0.39, 0.29) is 43.8 Å². The molecule has 3 aromatic carbocycles. The maximum absolute atomic E-state index is 13.9. The van der Waals surface area contributed by atoms with Crippen LogP contribution in [0, 0.1) is 5.82 Å². The first-order valence-electron chi connectivity index (χ1n) is 14.2. The molecule has 2 amide bonds. The highest BCUT2D eigenvalue weighted by molar-refractivity contribution is 7.92. The van der Waals surface area contributed by atoms with E-state index in [2.05, 4.69) is 5.32 Å². The number of amides is 2. The van der Waals surface area contributed by atoms with E-state index in [1.165, 1.54) is 16.4 Å². The molecule has 1 atom stereocenters. The van der Waals surface area contributed by atoms with Crippen LogP contribution in [0.15, 0.2) is 78.9 Å². The number of carbonyl (C=O) groups is 2. The smallest absolute Gasteiger partial charge is 0.243 e. The second kappa shape index (κ2) is 14.6. The predicted octanol–water partition coefficient (Wildman–Crippen LogP) is 5.72. The first-order valence-corrected chi connectivity index (χ1v) is 16.4. The van der Waals surface area contributed by atoms with Crippen LogP contribution in [0.4, 0.5) is 10.1 Å². The van der Waals surface area contributed by atoms with Crippen LogP contribution in [-0.2, 0) is 32.6 Å². The number of sulfonamides is 1. The number of hydrogen-bond acceptors (Lipinski definition) is 4. The van der Waals surface area contributed by atoms with Crippen molar-refractivity contribution in [2.75, 3.05) is 17.1 Å². The number of halogens is 2. The van der Waals surface area contributed by atoms with Gasteiger partial charge in [0.05, 0.1) is 11.9 Å². The van der Waals surface area contributed by atoms with E-state index in [0.717, 1.165) is 37.5 Å². The molecule has 0 radical (unpaired) electrons. The largest absolute Gasteiger partial charge is 0.352 e. The summed E-state index contributed by atoms with van der Waals surface area (Å²) < 4.78 is 40.1. The van der Waals surface area contributed by atoms with Gasteiger partial charge in [0.2, 0.25) is 21.8 Å². The number of carbonyl (C=O) groups excluding carboxylic acids is 2. The molecule has 7 nitrogen and oxygen atoms in total. The molecule has 0 bridgehead atoms. The van der Waals surface area contributed by atoms with E-state index in [1.54, 1.807) is 41.3 Å².